The molecule has 70 valence electrons. The molecular weight excluding hydrogens is 152 g/mol. The zero-order valence-electron chi connectivity index (χ0n) is 8.37. The van der Waals surface area contributed by atoms with Crippen molar-refractivity contribution in [2.24, 2.45) is 0 Å². The van der Waals surface area contributed by atoms with Gasteiger partial charge in [-0.2, -0.15) is 5.26 Å². The van der Waals surface area contributed by atoms with Crippen LogP contribution in [0.2, 0.25) is 0 Å². The molecule has 0 aliphatic rings. The van der Waals surface area contributed by atoms with Gasteiger partial charge in [-0.1, -0.05) is 0 Å². The van der Waals surface area contributed by atoms with Crippen LogP contribution < -0.4 is 0 Å². The van der Waals surface area contributed by atoms with Crippen molar-refractivity contribution in [3.63, 3.8) is 0 Å². The maximum atomic E-state index is 8.54. The number of methoxy groups -OCH3 is 1. The first-order valence-corrected chi connectivity index (χ1v) is 4.25. The Morgan fingerprint density at radius 1 is 1.42 bits per heavy atom. The van der Waals surface area contributed by atoms with Gasteiger partial charge in [0.2, 0.25) is 0 Å². The molecule has 0 saturated carbocycles. The molecule has 1 unspecified atom stereocenters. The molecular formula is C9H18N2O. The maximum absolute atomic E-state index is 8.54. The van der Waals surface area contributed by atoms with E-state index in [0.29, 0.717) is 12.6 Å². The fourth-order valence-corrected chi connectivity index (χ4v) is 0.954. The summed E-state index contributed by atoms with van der Waals surface area (Å²) in [7, 11) is 1.69. The minimum Gasteiger partial charge on any atom is -0.380 e. The van der Waals surface area contributed by atoms with Gasteiger partial charge >= 0.3 is 0 Å². The second-order valence-corrected chi connectivity index (χ2v) is 3.23. The van der Waals surface area contributed by atoms with Gasteiger partial charge < -0.3 is 4.74 Å². The van der Waals surface area contributed by atoms with Crippen LogP contribution in [0.15, 0.2) is 0 Å². The summed E-state index contributed by atoms with van der Waals surface area (Å²) in [6.07, 6.45) is 0.195. The van der Waals surface area contributed by atoms with Gasteiger partial charge in [0.1, 0.15) is 0 Å². The second kappa shape index (κ2) is 5.99. The van der Waals surface area contributed by atoms with Gasteiger partial charge in [0, 0.05) is 19.7 Å². The van der Waals surface area contributed by atoms with E-state index in [1.54, 1.807) is 7.11 Å². The van der Waals surface area contributed by atoms with E-state index in [0.717, 1.165) is 6.54 Å². The highest BCUT2D eigenvalue weighted by molar-refractivity contribution is 4.79. The molecule has 3 heteroatoms. The molecule has 0 aliphatic carbocycles. The lowest BCUT2D eigenvalue weighted by molar-refractivity contribution is 0.0713. The average Bonchev–Trinajstić information content (AvgIpc) is 2.03. The first-order valence-electron chi connectivity index (χ1n) is 4.25. The summed E-state index contributed by atoms with van der Waals surface area (Å²) in [4.78, 5) is 2.09. The molecule has 1 atom stereocenters. The molecule has 0 saturated heterocycles. The molecule has 3 nitrogen and oxygen atoms in total. The molecule has 0 spiro atoms. The van der Waals surface area contributed by atoms with Gasteiger partial charge in [0.05, 0.1) is 18.7 Å². The maximum Gasteiger partial charge on any atom is 0.0869 e. The zero-order chi connectivity index (χ0) is 9.56. The summed E-state index contributed by atoms with van der Waals surface area (Å²) >= 11 is 0. The number of rotatable bonds is 5. The van der Waals surface area contributed by atoms with E-state index in [1.165, 1.54) is 0 Å². The summed E-state index contributed by atoms with van der Waals surface area (Å²) in [6.45, 7) is 7.47. The van der Waals surface area contributed by atoms with Crippen LogP contribution in [0.4, 0.5) is 0 Å². The zero-order valence-corrected chi connectivity index (χ0v) is 8.37. The molecule has 12 heavy (non-hydrogen) atoms. The number of ether oxygens (including phenoxy) is 1. The van der Waals surface area contributed by atoms with Gasteiger partial charge in [-0.25, -0.2) is 0 Å². The summed E-state index contributed by atoms with van der Waals surface area (Å²) in [5.41, 5.74) is 0. The van der Waals surface area contributed by atoms with Crippen LogP contribution in [0.5, 0.6) is 0 Å². The van der Waals surface area contributed by atoms with Crippen molar-refractivity contribution in [2.75, 3.05) is 20.2 Å². The highest BCUT2D eigenvalue weighted by atomic mass is 16.5. The van der Waals surface area contributed by atoms with Gasteiger partial charge in [-0.05, 0) is 20.8 Å². The standard InChI is InChI=1S/C9H18N2O/c1-8(2)11(6-5-10)7-9(3)12-4/h8-9H,6-7H2,1-4H3. The van der Waals surface area contributed by atoms with Crippen molar-refractivity contribution in [3.8, 4) is 6.07 Å². The van der Waals surface area contributed by atoms with E-state index in [-0.39, 0.29) is 6.10 Å². The lowest BCUT2D eigenvalue weighted by Crippen LogP contribution is -2.37. The Kier molecular flexibility index (Phi) is 5.69. The monoisotopic (exact) mass is 170 g/mol. The van der Waals surface area contributed by atoms with Gasteiger partial charge in [0.25, 0.3) is 0 Å². The minimum atomic E-state index is 0.195. The van der Waals surface area contributed by atoms with Crippen LogP contribution in [0.1, 0.15) is 20.8 Å². The molecule has 0 amide bonds. The molecule has 0 aromatic carbocycles. The lowest BCUT2D eigenvalue weighted by atomic mass is 10.2. The van der Waals surface area contributed by atoms with Crippen molar-refractivity contribution >= 4 is 0 Å². The highest BCUT2D eigenvalue weighted by Gasteiger charge is 2.11. The van der Waals surface area contributed by atoms with Gasteiger partial charge in [-0.3, -0.25) is 4.90 Å². The van der Waals surface area contributed by atoms with E-state index in [4.69, 9.17) is 10.00 Å². The van der Waals surface area contributed by atoms with Crippen LogP contribution in [-0.4, -0.2) is 37.2 Å². The van der Waals surface area contributed by atoms with Gasteiger partial charge in [0.15, 0.2) is 0 Å². The van der Waals surface area contributed by atoms with E-state index in [2.05, 4.69) is 24.8 Å². The van der Waals surface area contributed by atoms with Crippen molar-refractivity contribution in [2.45, 2.75) is 32.9 Å². The van der Waals surface area contributed by atoms with E-state index in [9.17, 15) is 0 Å². The van der Waals surface area contributed by atoms with Crippen molar-refractivity contribution in [1.82, 2.24) is 4.90 Å². The Morgan fingerprint density at radius 2 is 2.00 bits per heavy atom. The molecule has 0 N–H and O–H groups in total. The lowest BCUT2D eigenvalue weighted by Gasteiger charge is -2.25. The third kappa shape index (κ3) is 4.32. The highest BCUT2D eigenvalue weighted by Crippen LogP contribution is 2.00. The molecule has 0 fully saturated rings. The third-order valence-corrected chi connectivity index (χ3v) is 1.90. The number of hydrogen-bond acceptors (Lipinski definition) is 3. The van der Waals surface area contributed by atoms with E-state index >= 15 is 0 Å². The Balaban J connectivity index is 3.88. The topological polar surface area (TPSA) is 36.3 Å². The van der Waals surface area contributed by atoms with Crippen molar-refractivity contribution in [3.05, 3.63) is 0 Å². The molecule has 0 aromatic heterocycles. The number of nitriles is 1. The Bertz CT molecular complexity index is 151. The Morgan fingerprint density at radius 3 is 2.33 bits per heavy atom. The van der Waals surface area contributed by atoms with Crippen LogP contribution >= 0.6 is 0 Å². The Hall–Kier alpha value is -0.590. The van der Waals surface area contributed by atoms with Crippen LogP contribution in [0.25, 0.3) is 0 Å². The summed E-state index contributed by atoms with van der Waals surface area (Å²) < 4.78 is 5.13. The third-order valence-electron chi connectivity index (χ3n) is 1.90. The average molecular weight is 170 g/mol. The number of nitrogens with zero attached hydrogens (tertiary/aromatic N) is 2. The largest absolute Gasteiger partial charge is 0.380 e. The number of hydrogen-bond donors (Lipinski definition) is 0. The summed E-state index contributed by atoms with van der Waals surface area (Å²) in [6, 6.07) is 2.55. The van der Waals surface area contributed by atoms with Crippen LogP contribution in [0, 0.1) is 11.3 Å². The first kappa shape index (κ1) is 11.4. The Labute approximate surface area is 74.9 Å². The predicted molar refractivity (Wildman–Crippen MR) is 48.8 cm³/mol. The normalized spacial score (nSPS) is 13.4. The molecule has 0 bridgehead atoms. The summed E-state index contributed by atoms with van der Waals surface area (Å²) in [5, 5.41) is 8.54. The van der Waals surface area contributed by atoms with Crippen molar-refractivity contribution in [1.29, 1.82) is 5.26 Å². The smallest absolute Gasteiger partial charge is 0.0869 e. The second-order valence-electron chi connectivity index (χ2n) is 3.23. The predicted octanol–water partition coefficient (Wildman–Crippen LogP) is 1.26. The molecule has 0 aromatic rings. The van der Waals surface area contributed by atoms with Gasteiger partial charge in [-0.15, -0.1) is 0 Å². The quantitative estimate of drug-likeness (QED) is 0.583. The first-order chi connectivity index (χ1) is 5.61. The van der Waals surface area contributed by atoms with Crippen LogP contribution in [0.3, 0.4) is 0 Å². The van der Waals surface area contributed by atoms with E-state index < -0.39 is 0 Å². The van der Waals surface area contributed by atoms with Crippen molar-refractivity contribution < 1.29 is 4.74 Å². The molecule has 0 rings (SSSR count). The molecule has 0 aliphatic heterocycles. The molecule has 0 radical (unpaired) electrons. The fourth-order valence-electron chi connectivity index (χ4n) is 0.954. The molecule has 0 heterocycles. The van der Waals surface area contributed by atoms with E-state index in [1.807, 2.05) is 6.92 Å². The summed E-state index contributed by atoms with van der Waals surface area (Å²) in [5.74, 6) is 0. The van der Waals surface area contributed by atoms with Crippen LogP contribution in [-0.2, 0) is 4.74 Å². The fraction of sp³-hybridized carbons (Fsp3) is 0.889. The minimum absolute atomic E-state index is 0.195. The SMILES string of the molecule is COC(C)CN(CC#N)C(C)C.